The Labute approximate surface area is 94.2 Å². The number of amides is 1. The Balaban J connectivity index is 1.64. The quantitative estimate of drug-likeness (QED) is 0.791. The van der Waals surface area contributed by atoms with Gasteiger partial charge in [-0.1, -0.05) is 0 Å². The second-order valence-electron chi connectivity index (χ2n) is 4.59. The third-order valence-corrected chi connectivity index (χ3v) is 3.22. The van der Waals surface area contributed by atoms with Gasteiger partial charge in [-0.25, -0.2) is 0 Å². The number of anilines is 1. The van der Waals surface area contributed by atoms with E-state index in [-0.39, 0.29) is 11.8 Å². The van der Waals surface area contributed by atoms with E-state index < -0.39 is 0 Å². The Morgan fingerprint density at radius 2 is 2.38 bits per heavy atom. The monoisotopic (exact) mass is 220 g/mol. The van der Waals surface area contributed by atoms with Gasteiger partial charge in [0, 0.05) is 24.7 Å². The third-order valence-electron chi connectivity index (χ3n) is 3.22. The molecule has 2 fully saturated rings. The zero-order valence-corrected chi connectivity index (χ0v) is 9.15. The minimum Gasteiger partial charge on any atom is -0.315 e. The molecule has 1 aliphatic carbocycles. The van der Waals surface area contributed by atoms with Gasteiger partial charge in [-0.2, -0.15) is 5.10 Å². The molecular formula is C11H16N4O. The van der Waals surface area contributed by atoms with E-state index in [4.69, 9.17) is 0 Å². The predicted molar refractivity (Wildman–Crippen MR) is 60.1 cm³/mol. The molecule has 0 spiro atoms. The van der Waals surface area contributed by atoms with Crippen LogP contribution in [0.5, 0.6) is 0 Å². The summed E-state index contributed by atoms with van der Waals surface area (Å²) < 4.78 is 1.95. The first-order valence-electron chi connectivity index (χ1n) is 5.89. The number of aromatic nitrogens is 2. The van der Waals surface area contributed by atoms with E-state index in [0.29, 0.717) is 11.9 Å². The summed E-state index contributed by atoms with van der Waals surface area (Å²) in [6, 6.07) is 2.31. The number of carbonyl (C=O) groups excluding carboxylic acids is 1. The first-order valence-corrected chi connectivity index (χ1v) is 5.89. The van der Waals surface area contributed by atoms with Crippen LogP contribution in [0, 0.1) is 5.92 Å². The van der Waals surface area contributed by atoms with Crippen LogP contribution in [0.1, 0.15) is 25.3 Å². The van der Waals surface area contributed by atoms with Gasteiger partial charge in [0.15, 0.2) is 5.82 Å². The largest absolute Gasteiger partial charge is 0.315 e. The Kier molecular flexibility index (Phi) is 2.40. The van der Waals surface area contributed by atoms with Crippen molar-refractivity contribution in [3.8, 4) is 0 Å². The highest BCUT2D eigenvalue weighted by Crippen LogP contribution is 2.30. The normalized spacial score (nSPS) is 24.6. The second kappa shape index (κ2) is 3.90. The second-order valence-corrected chi connectivity index (χ2v) is 4.59. The van der Waals surface area contributed by atoms with Crippen molar-refractivity contribution in [3.05, 3.63) is 12.3 Å². The zero-order valence-electron chi connectivity index (χ0n) is 9.15. The predicted octanol–water partition coefficient (Wildman–Crippen LogP) is 0.766. The number of hydrogen-bond acceptors (Lipinski definition) is 3. The molecule has 1 saturated heterocycles. The maximum atomic E-state index is 11.5. The summed E-state index contributed by atoms with van der Waals surface area (Å²) in [6.07, 6.45) is 5.11. The summed E-state index contributed by atoms with van der Waals surface area (Å²) in [5.74, 6) is 1.04. The average molecular weight is 220 g/mol. The van der Waals surface area contributed by atoms with Crippen molar-refractivity contribution in [2.45, 2.75) is 25.3 Å². The van der Waals surface area contributed by atoms with E-state index >= 15 is 0 Å². The minimum atomic E-state index is 0.120. The molecule has 5 heteroatoms. The standard InChI is InChI=1S/C11H16N4O/c16-11(8-1-2-8)13-10-4-6-15(14-10)9-3-5-12-7-9/h4,6,8-9,12H,1-3,5,7H2,(H,13,14,16). The molecule has 86 valence electrons. The SMILES string of the molecule is O=C(Nc1ccn(C2CCNC2)n1)C1CC1. The molecular weight excluding hydrogens is 204 g/mol. The number of nitrogens with one attached hydrogen (secondary N) is 2. The molecule has 2 heterocycles. The Morgan fingerprint density at radius 3 is 3.06 bits per heavy atom. The fourth-order valence-corrected chi connectivity index (χ4v) is 2.05. The smallest absolute Gasteiger partial charge is 0.228 e. The average Bonchev–Trinajstić information content (AvgIpc) is 2.80. The molecule has 0 bridgehead atoms. The van der Waals surface area contributed by atoms with Gasteiger partial charge >= 0.3 is 0 Å². The topological polar surface area (TPSA) is 59.0 Å². The summed E-state index contributed by atoms with van der Waals surface area (Å²) in [5.41, 5.74) is 0. The van der Waals surface area contributed by atoms with Crippen LogP contribution < -0.4 is 10.6 Å². The molecule has 1 saturated carbocycles. The number of nitrogens with zero attached hydrogens (tertiary/aromatic N) is 2. The molecule has 16 heavy (non-hydrogen) atoms. The lowest BCUT2D eigenvalue weighted by atomic mass is 10.3. The minimum absolute atomic E-state index is 0.120. The van der Waals surface area contributed by atoms with Crippen LogP contribution in [0.4, 0.5) is 5.82 Å². The van der Waals surface area contributed by atoms with E-state index in [0.717, 1.165) is 32.4 Å². The van der Waals surface area contributed by atoms with Crippen LogP contribution in [0.25, 0.3) is 0 Å². The summed E-state index contributed by atoms with van der Waals surface area (Å²) in [5, 5.41) is 10.5. The lowest BCUT2D eigenvalue weighted by Gasteiger charge is -2.08. The van der Waals surface area contributed by atoms with Crippen LogP contribution in [0.3, 0.4) is 0 Å². The summed E-state index contributed by atoms with van der Waals surface area (Å²) in [4.78, 5) is 11.5. The Bertz CT molecular complexity index is 390. The molecule has 1 atom stereocenters. The van der Waals surface area contributed by atoms with Crippen molar-refractivity contribution >= 4 is 11.7 Å². The van der Waals surface area contributed by atoms with E-state index in [9.17, 15) is 4.79 Å². The van der Waals surface area contributed by atoms with Gasteiger partial charge in [0.25, 0.3) is 0 Å². The van der Waals surface area contributed by atoms with Crippen LogP contribution in [0.15, 0.2) is 12.3 Å². The van der Waals surface area contributed by atoms with Gasteiger partial charge in [0.1, 0.15) is 0 Å². The van der Waals surface area contributed by atoms with E-state index in [1.807, 2.05) is 16.9 Å². The first kappa shape index (κ1) is 9.84. The van der Waals surface area contributed by atoms with Gasteiger partial charge in [0.05, 0.1) is 6.04 Å². The van der Waals surface area contributed by atoms with Gasteiger partial charge < -0.3 is 10.6 Å². The highest BCUT2D eigenvalue weighted by molar-refractivity contribution is 5.93. The highest BCUT2D eigenvalue weighted by atomic mass is 16.2. The van der Waals surface area contributed by atoms with Gasteiger partial charge in [0.2, 0.25) is 5.91 Å². The summed E-state index contributed by atoms with van der Waals surface area (Å²) in [7, 11) is 0. The van der Waals surface area contributed by atoms with Gasteiger partial charge in [-0.15, -0.1) is 0 Å². The molecule has 1 aromatic heterocycles. The first-order chi connectivity index (χ1) is 7.83. The molecule has 2 aliphatic rings. The lowest BCUT2D eigenvalue weighted by Crippen LogP contribution is -2.16. The Hall–Kier alpha value is -1.36. The lowest BCUT2D eigenvalue weighted by molar-refractivity contribution is -0.117. The highest BCUT2D eigenvalue weighted by Gasteiger charge is 2.30. The third kappa shape index (κ3) is 1.95. The van der Waals surface area contributed by atoms with E-state index in [2.05, 4.69) is 15.7 Å². The van der Waals surface area contributed by atoms with Crippen LogP contribution >= 0.6 is 0 Å². The van der Waals surface area contributed by atoms with E-state index in [1.165, 1.54) is 0 Å². The van der Waals surface area contributed by atoms with Crippen LogP contribution in [-0.4, -0.2) is 28.8 Å². The van der Waals surface area contributed by atoms with Crippen molar-refractivity contribution in [3.63, 3.8) is 0 Å². The molecule has 3 rings (SSSR count). The molecule has 1 aromatic rings. The fourth-order valence-electron chi connectivity index (χ4n) is 2.05. The molecule has 1 amide bonds. The van der Waals surface area contributed by atoms with E-state index in [1.54, 1.807) is 0 Å². The summed E-state index contributed by atoms with van der Waals surface area (Å²) in [6.45, 7) is 2.02. The molecule has 1 unspecified atom stereocenters. The maximum Gasteiger partial charge on any atom is 0.228 e. The Morgan fingerprint density at radius 1 is 1.50 bits per heavy atom. The molecule has 5 nitrogen and oxygen atoms in total. The maximum absolute atomic E-state index is 11.5. The van der Waals surface area contributed by atoms with Crippen molar-refractivity contribution in [1.29, 1.82) is 0 Å². The summed E-state index contributed by atoms with van der Waals surface area (Å²) >= 11 is 0. The van der Waals surface area contributed by atoms with Crippen molar-refractivity contribution in [1.82, 2.24) is 15.1 Å². The zero-order chi connectivity index (χ0) is 11.0. The molecule has 1 aliphatic heterocycles. The van der Waals surface area contributed by atoms with Crippen LogP contribution in [0.2, 0.25) is 0 Å². The fraction of sp³-hybridized carbons (Fsp3) is 0.636. The van der Waals surface area contributed by atoms with Crippen molar-refractivity contribution in [2.24, 2.45) is 5.92 Å². The number of hydrogen-bond donors (Lipinski definition) is 2. The van der Waals surface area contributed by atoms with Crippen LogP contribution in [-0.2, 0) is 4.79 Å². The molecule has 0 aromatic carbocycles. The van der Waals surface area contributed by atoms with Crippen molar-refractivity contribution in [2.75, 3.05) is 18.4 Å². The van der Waals surface area contributed by atoms with Gasteiger partial charge in [-0.05, 0) is 25.8 Å². The molecule has 2 N–H and O–H groups in total. The molecule has 0 radical (unpaired) electrons. The number of carbonyl (C=O) groups is 1. The van der Waals surface area contributed by atoms with Crippen molar-refractivity contribution < 1.29 is 4.79 Å². The number of rotatable bonds is 3. The van der Waals surface area contributed by atoms with Gasteiger partial charge in [-0.3, -0.25) is 9.48 Å².